The topological polar surface area (TPSA) is 96.6 Å². The number of thiophene rings is 1. The molecule has 1 saturated heterocycles. The highest BCUT2D eigenvalue weighted by Gasteiger charge is 2.28. The average Bonchev–Trinajstić information content (AvgIpc) is 3.59. The van der Waals surface area contributed by atoms with Gasteiger partial charge in [-0.15, -0.1) is 22.7 Å². The quantitative estimate of drug-likeness (QED) is 0.393. The molecule has 4 aromatic rings. The number of carbonyl (C=O) groups is 2. The van der Waals surface area contributed by atoms with Crippen LogP contribution in [-0.2, 0) is 7.05 Å². The molecule has 2 N–H and O–H groups in total. The smallest absolute Gasteiger partial charge is 0.261 e. The average molecular weight is 512 g/mol. The van der Waals surface area contributed by atoms with Gasteiger partial charge in [-0.05, 0) is 36.9 Å². The molecule has 0 bridgehead atoms. The zero-order valence-corrected chi connectivity index (χ0v) is 21.9. The first-order valence-electron chi connectivity index (χ1n) is 11.6. The molecule has 35 heavy (non-hydrogen) atoms. The van der Waals surface area contributed by atoms with E-state index in [9.17, 15) is 9.59 Å². The van der Waals surface area contributed by atoms with Crippen LogP contribution in [0.5, 0.6) is 0 Å². The molecular weight excluding hydrogens is 482 g/mol. The third-order valence-corrected chi connectivity index (χ3v) is 8.58. The first kappa shape index (κ1) is 23.7. The molecule has 1 fully saturated rings. The molecule has 0 aliphatic carbocycles. The van der Waals surface area contributed by atoms with Gasteiger partial charge in [0.1, 0.15) is 4.83 Å². The minimum absolute atomic E-state index is 0.107. The van der Waals surface area contributed by atoms with Gasteiger partial charge in [0.25, 0.3) is 11.8 Å². The number of aromatic nitrogens is 4. The van der Waals surface area contributed by atoms with Crippen molar-refractivity contribution < 1.29 is 9.59 Å². The molecular formula is C24H29N7O2S2. The number of thiazole rings is 1. The largest absolute Gasteiger partial charge is 0.350 e. The van der Waals surface area contributed by atoms with Crippen LogP contribution in [-0.4, -0.2) is 62.3 Å². The predicted octanol–water partition coefficient (Wildman–Crippen LogP) is 3.88. The van der Waals surface area contributed by atoms with Gasteiger partial charge in [-0.3, -0.25) is 14.3 Å². The summed E-state index contributed by atoms with van der Waals surface area (Å²) in [5.74, 6) is -0.350. The minimum Gasteiger partial charge on any atom is -0.350 e. The third kappa shape index (κ3) is 5.02. The van der Waals surface area contributed by atoms with Crippen molar-refractivity contribution in [1.82, 2.24) is 29.6 Å². The maximum absolute atomic E-state index is 13.1. The Labute approximate surface area is 211 Å². The monoisotopic (exact) mass is 511 g/mol. The summed E-state index contributed by atoms with van der Waals surface area (Å²) in [7, 11) is 1.87. The van der Waals surface area contributed by atoms with E-state index in [-0.39, 0.29) is 11.8 Å². The molecule has 11 heteroatoms. The molecule has 0 aromatic carbocycles. The van der Waals surface area contributed by atoms with E-state index in [0.29, 0.717) is 27.4 Å². The number of likely N-dealkylation sites (tertiary alicyclic amines) is 1. The van der Waals surface area contributed by atoms with E-state index < -0.39 is 0 Å². The summed E-state index contributed by atoms with van der Waals surface area (Å²) in [6.07, 6.45) is 8.38. The van der Waals surface area contributed by atoms with E-state index in [1.54, 1.807) is 21.6 Å². The van der Waals surface area contributed by atoms with Crippen LogP contribution in [0, 0.1) is 12.3 Å². The predicted molar refractivity (Wildman–Crippen MR) is 139 cm³/mol. The van der Waals surface area contributed by atoms with Crippen LogP contribution >= 0.6 is 22.7 Å². The molecule has 2 amide bonds. The number of hydrogen-bond donors (Lipinski definition) is 2. The Hall–Kier alpha value is -3.02. The van der Waals surface area contributed by atoms with Gasteiger partial charge in [0, 0.05) is 44.6 Å². The minimum atomic E-state index is -0.242. The molecule has 9 nitrogen and oxygen atoms in total. The van der Waals surface area contributed by atoms with Crippen molar-refractivity contribution in [3.8, 4) is 10.4 Å². The molecule has 1 aliphatic rings. The van der Waals surface area contributed by atoms with Crippen LogP contribution in [0.3, 0.4) is 0 Å². The Morgan fingerprint density at radius 2 is 1.97 bits per heavy atom. The van der Waals surface area contributed by atoms with Crippen molar-refractivity contribution in [2.75, 3.05) is 31.5 Å². The summed E-state index contributed by atoms with van der Waals surface area (Å²) in [6.45, 7) is 10.1. The van der Waals surface area contributed by atoms with Gasteiger partial charge in [0.05, 0.1) is 32.7 Å². The van der Waals surface area contributed by atoms with E-state index in [1.165, 1.54) is 29.1 Å². The van der Waals surface area contributed by atoms with Gasteiger partial charge in [-0.2, -0.15) is 10.2 Å². The second-order valence-electron chi connectivity index (χ2n) is 9.83. The van der Waals surface area contributed by atoms with E-state index in [1.807, 2.05) is 32.4 Å². The zero-order chi connectivity index (χ0) is 24.7. The molecule has 4 aromatic heterocycles. The van der Waals surface area contributed by atoms with Gasteiger partial charge >= 0.3 is 0 Å². The Morgan fingerprint density at radius 3 is 2.69 bits per heavy atom. The summed E-state index contributed by atoms with van der Waals surface area (Å²) in [5.41, 5.74) is 2.69. The number of anilines is 1. The number of carbonyl (C=O) groups excluding carboxylic acids is 2. The van der Waals surface area contributed by atoms with E-state index in [4.69, 9.17) is 0 Å². The number of nitrogens with zero attached hydrogens (tertiary/aromatic N) is 5. The maximum atomic E-state index is 13.1. The molecule has 0 atom stereocenters. The maximum Gasteiger partial charge on any atom is 0.261 e. The van der Waals surface area contributed by atoms with Crippen LogP contribution in [0.1, 0.15) is 45.9 Å². The number of aryl methyl sites for hydroxylation is 2. The summed E-state index contributed by atoms with van der Waals surface area (Å²) in [6, 6.07) is 1.83. The SMILES string of the molecule is Cc1cc(C(=O)NCCN2CCC(C)(C)C2)sc1NC(=O)c1cnn2cc(-c3cnn(C)c3)sc12. The first-order valence-corrected chi connectivity index (χ1v) is 13.2. The van der Waals surface area contributed by atoms with Crippen molar-refractivity contribution >= 4 is 44.3 Å². The normalized spacial score (nSPS) is 15.7. The fraction of sp³-hybridized carbons (Fsp3) is 0.417. The van der Waals surface area contributed by atoms with Crippen LogP contribution < -0.4 is 10.6 Å². The molecule has 0 radical (unpaired) electrons. The molecule has 5 rings (SSSR count). The summed E-state index contributed by atoms with van der Waals surface area (Å²) in [4.78, 5) is 30.5. The van der Waals surface area contributed by atoms with Crippen molar-refractivity contribution in [3.05, 3.63) is 46.9 Å². The molecule has 1 aliphatic heterocycles. The highest BCUT2D eigenvalue weighted by atomic mass is 32.1. The lowest BCUT2D eigenvalue weighted by molar-refractivity contribution is 0.0952. The van der Waals surface area contributed by atoms with E-state index in [0.717, 1.165) is 40.5 Å². The molecule has 0 unspecified atom stereocenters. The van der Waals surface area contributed by atoms with Crippen molar-refractivity contribution in [2.24, 2.45) is 12.5 Å². The summed E-state index contributed by atoms with van der Waals surface area (Å²) >= 11 is 2.78. The molecule has 184 valence electrons. The summed E-state index contributed by atoms with van der Waals surface area (Å²) < 4.78 is 3.45. The number of nitrogens with one attached hydrogen (secondary N) is 2. The Balaban J connectivity index is 1.22. The van der Waals surface area contributed by atoms with Gasteiger partial charge in [-0.25, -0.2) is 4.52 Å². The van der Waals surface area contributed by atoms with E-state index >= 15 is 0 Å². The first-order chi connectivity index (χ1) is 16.7. The van der Waals surface area contributed by atoms with Gasteiger partial charge < -0.3 is 15.5 Å². The summed E-state index contributed by atoms with van der Waals surface area (Å²) in [5, 5.41) is 15.2. The number of fused-ring (bicyclic) bond motifs is 1. The van der Waals surface area contributed by atoms with Gasteiger partial charge in [-0.1, -0.05) is 13.8 Å². The zero-order valence-electron chi connectivity index (χ0n) is 20.3. The van der Waals surface area contributed by atoms with Crippen LogP contribution in [0.4, 0.5) is 5.00 Å². The second-order valence-corrected chi connectivity index (χ2v) is 11.9. The fourth-order valence-electron chi connectivity index (χ4n) is 4.34. The standard InChI is InChI=1S/C24H29N7O2S2/c1-15-9-18(21(33)25-6-8-30-7-5-24(2,3)14-30)34-22(15)28-20(32)17-11-27-31-13-19(35-23(17)31)16-10-26-29(4)12-16/h9-13H,5-8,14H2,1-4H3,(H,25,33)(H,28,32). The molecule has 0 spiro atoms. The number of rotatable bonds is 7. The van der Waals surface area contributed by atoms with Crippen molar-refractivity contribution in [2.45, 2.75) is 27.2 Å². The fourth-order valence-corrected chi connectivity index (χ4v) is 6.36. The highest BCUT2D eigenvalue weighted by Crippen LogP contribution is 2.32. The molecule has 0 saturated carbocycles. The second kappa shape index (κ2) is 9.21. The number of amides is 2. The van der Waals surface area contributed by atoms with Crippen molar-refractivity contribution in [1.29, 1.82) is 0 Å². The number of hydrogen-bond acceptors (Lipinski definition) is 7. The lowest BCUT2D eigenvalue weighted by atomic mass is 9.93. The highest BCUT2D eigenvalue weighted by molar-refractivity contribution is 7.21. The van der Waals surface area contributed by atoms with Crippen molar-refractivity contribution in [3.63, 3.8) is 0 Å². The van der Waals surface area contributed by atoms with Gasteiger partial charge in [0.2, 0.25) is 0 Å². The lowest BCUT2D eigenvalue weighted by Gasteiger charge is -2.19. The Bertz CT molecular complexity index is 1390. The Kier molecular flexibility index (Phi) is 6.24. The van der Waals surface area contributed by atoms with Crippen LogP contribution in [0.25, 0.3) is 15.3 Å². The van der Waals surface area contributed by atoms with Crippen LogP contribution in [0.2, 0.25) is 0 Å². The third-order valence-electron chi connectivity index (χ3n) is 6.27. The lowest BCUT2D eigenvalue weighted by Crippen LogP contribution is -2.34. The van der Waals surface area contributed by atoms with Crippen LogP contribution in [0.15, 0.2) is 30.9 Å². The molecule has 5 heterocycles. The Morgan fingerprint density at radius 1 is 1.14 bits per heavy atom. The van der Waals surface area contributed by atoms with E-state index in [2.05, 4.69) is 39.6 Å². The van der Waals surface area contributed by atoms with Gasteiger partial charge in [0.15, 0.2) is 0 Å².